The van der Waals surface area contributed by atoms with Crippen molar-refractivity contribution in [1.82, 2.24) is 0 Å². The predicted octanol–water partition coefficient (Wildman–Crippen LogP) is 5.21. The van der Waals surface area contributed by atoms with E-state index in [9.17, 15) is 0 Å². The van der Waals surface area contributed by atoms with Crippen LogP contribution in [0.5, 0.6) is 5.75 Å². The standard InChI is InChI=1S/C17H23OS2/c1-19-17(20-2)10-11-18-16-9-8-14(12-15(16)17)13-6-4-3-5-7-13/h6,8-9,12-13H,3-5,7,10-11H2,1-2H3. The van der Waals surface area contributed by atoms with Crippen LogP contribution in [0.4, 0.5) is 0 Å². The molecule has 1 nitrogen and oxygen atoms in total. The SMILES string of the molecule is CSC1(SC)CCOc2ccc(C3[CH]CCCC3)cc21. The van der Waals surface area contributed by atoms with E-state index in [1.807, 2.05) is 23.5 Å². The number of fused-ring (bicyclic) bond motifs is 1. The number of hydrogen-bond donors (Lipinski definition) is 0. The summed E-state index contributed by atoms with van der Waals surface area (Å²) in [6.07, 6.45) is 13.4. The molecule has 1 aliphatic heterocycles. The largest absolute Gasteiger partial charge is 0.493 e. The van der Waals surface area contributed by atoms with E-state index >= 15 is 0 Å². The maximum Gasteiger partial charge on any atom is 0.124 e. The Kier molecular flexibility index (Phi) is 4.56. The average Bonchev–Trinajstić information content (AvgIpc) is 2.54. The van der Waals surface area contributed by atoms with Crippen LogP contribution in [0.3, 0.4) is 0 Å². The number of benzene rings is 1. The lowest BCUT2D eigenvalue weighted by molar-refractivity contribution is 0.280. The number of ether oxygens (including phenoxy) is 1. The molecule has 1 unspecified atom stereocenters. The number of rotatable bonds is 3. The lowest BCUT2D eigenvalue weighted by Gasteiger charge is -2.37. The minimum Gasteiger partial charge on any atom is -0.493 e. The van der Waals surface area contributed by atoms with E-state index in [0.29, 0.717) is 5.92 Å². The Hall–Kier alpha value is -0.280. The third kappa shape index (κ3) is 2.59. The van der Waals surface area contributed by atoms with Gasteiger partial charge < -0.3 is 4.74 Å². The van der Waals surface area contributed by atoms with E-state index < -0.39 is 0 Å². The zero-order valence-electron chi connectivity index (χ0n) is 12.4. The van der Waals surface area contributed by atoms with Crippen molar-refractivity contribution < 1.29 is 4.74 Å². The van der Waals surface area contributed by atoms with Crippen LogP contribution in [-0.2, 0) is 4.08 Å². The molecule has 1 aromatic carbocycles. The van der Waals surface area contributed by atoms with Crippen LogP contribution in [0.2, 0.25) is 0 Å². The summed E-state index contributed by atoms with van der Waals surface area (Å²) in [4.78, 5) is 0. The second kappa shape index (κ2) is 6.23. The van der Waals surface area contributed by atoms with Gasteiger partial charge in [-0.1, -0.05) is 18.9 Å². The van der Waals surface area contributed by atoms with Crippen LogP contribution in [-0.4, -0.2) is 19.1 Å². The highest BCUT2D eigenvalue weighted by molar-refractivity contribution is 8.16. The van der Waals surface area contributed by atoms with Crippen molar-refractivity contribution in [3.63, 3.8) is 0 Å². The van der Waals surface area contributed by atoms with Crippen LogP contribution >= 0.6 is 23.5 Å². The Balaban J connectivity index is 1.96. The third-order valence-electron chi connectivity index (χ3n) is 4.61. The summed E-state index contributed by atoms with van der Waals surface area (Å²) in [5, 5.41) is 0. The molecule has 1 aliphatic carbocycles. The molecular formula is C17H23OS2. The summed E-state index contributed by atoms with van der Waals surface area (Å²) in [5.41, 5.74) is 2.89. The van der Waals surface area contributed by atoms with Crippen LogP contribution in [0.15, 0.2) is 18.2 Å². The molecule has 3 rings (SSSR count). The third-order valence-corrected chi connectivity index (χ3v) is 7.78. The second-order valence-electron chi connectivity index (χ2n) is 5.64. The van der Waals surface area contributed by atoms with Crippen LogP contribution < -0.4 is 4.74 Å². The van der Waals surface area contributed by atoms with Gasteiger partial charge in [0, 0.05) is 12.0 Å². The summed E-state index contributed by atoms with van der Waals surface area (Å²) in [6.45, 7) is 0.837. The van der Waals surface area contributed by atoms with Crippen molar-refractivity contribution >= 4 is 23.5 Å². The summed E-state index contributed by atoms with van der Waals surface area (Å²) in [5.74, 6) is 1.75. The highest BCUT2D eigenvalue weighted by atomic mass is 32.2. The minimum atomic E-state index is 0.179. The van der Waals surface area contributed by atoms with Gasteiger partial charge in [0.15, 0.2) is 0 Å². The van der Waals surface area contributed by atoms with Crippen molar-refractivity contribution in [3.05, 3.63) is 35.7 Å². The molecule has 0 N–H and O–H groups in total. The lowest BCUT2D eigenvalue weighted by Crippen LogP contribution is -2.26. The first kappa shape index (κ1) is 14.6. The zero-order valence-corrected chi connectivity index (χ0v) is 14.0. The summed E-state index contributed by atoms with van der Waals surface area (Å²) in [6, 6.07) is 6.91. The summed E-state index contributed by atoms with van der Waals surface area (Å²) >= 11 is 3.93. The predicted molar refractivity (Wildman–Crippen MR) is 90.8 cm³/mol. The Morgan fingerprint density at radius 1 is 1.20 bits per heavy atom. The Morgan fingerprint density at radius 3 is 2.75 bits per heavy atom. The molecule has 1 fully saturated rings. The molecule has 0 bridgehead atoms. The fourth-order valence-corrected chi connectivity index (χ4v) is 5.39. The van der Waals surface area contributed by atoms with Crippen molar-refractivity contribution in [3.8, 4) is 5.75 Å². The lowest BCUT2D eigenvalue weighted by atomic mass is 9.83. The normalized spacial score (nSPS) is 22.1. The van der Waals surface area contributed by atoms with Crippen LogP contribution in [0, 0.1) is 6.42 Å². The molecule has 0 saturated heterocycles. The van der Waals surface area contributed by atoms with E-state index in [2.05, 4.69) is 37.1 Å². The van der Waals surface area contributed by atoms with Crippen molar-refractivity contribution in [1.29, 1.82) is 0 Å². The number of hydrogen-bond acceptors (Lipinski definition) is 3. The van der Waals surface area contributed by atoms with E-state index in [-0.39, 0.29) is 4.08 Å². The van der Waals surface area contributed by atoms with E-state index in [1.54, 1.807) is 0 Å². The molecule has 1 radical (unpaired) electrons. The van der Waals surface area contributed by atoms with E-state index in [1.165, 1.54) is 36.8 Å². The Labute approximate surface area is 131 Å². The molecule has 1 heterocycles. The quantitative estimate of drug-likeness (QED) is 0.709. The topological polar surface area (TPSA) is 9.23 Å². The molecule has 109 valence electrons. The molecule has 1 aromatic rings. The molecule has 1 saturated carbocycles. The van der Waals surface area contributed by atoms with Crippen molar-refractivity contribution in [2.75, 3.05) is 19.1 Å². The zero-order chi connectivity index (χ0) is 14.0. The van der Waals surface area contributed by atoms with Crippen molar-refractivity contribution in [2.45, 2.75) is 42.1 Å². The maximum absolute atomic E-state index is 5.89. The van der Waals surface area contributed by atoms with E-state index in [0.717, 1.165) is 18.8 Å². The minimum absolute atomic E-state index is 0.179. The van der Waals surface area contributed by atoms with Gasteiger partial charge in [-0.05, 0) is 55.4 Å². The van der Waals surface area contributed by atoms with Gasteiger partial charge in [0.05, 0.1) is 10.7 Å². The molecule has 0 amide bonds. The van der Waals surface area contributed by atoms with E-state index in [4.69, 9.17) is 4.74 Å². The average molecular weight is 308 g/mol. The second-order valence-corrected chi connectivity index (χ2v) is 8.11. The van der Waals surface area contributed by atoms with Crippen LogP contribution in [0.25, 0.3) is 0 Å². The smallest absolute Gasteiger partial charge is 0.124 e. The Morgan fingerprint density at radius 2 is 2.05 bits per heavy atom. The summed E-state index contributed by atoms with van der Waals surface area (Å²) < 4.78 is 6.07. The van der Waals surface area contributed by atoms with Gasteiger partial charge in [0.1, 0.15) is 5.75 Å². The Bertz CT molecular complexity index is 462. The fourth-order valence-electron chi connectivity index (χ4n) is 3.39. The molecule has 3 heteroatoms. The first-order valence-electron chi connectivity index (χ1n) is 7.50. The van der Waals surface area contributed by atoms with Gasteiger partial charge in [-0.25, -0.2) is 0 Å². The molecule has 0 aromatic heterocycles. The number of thioether (sulfide) groups is 2. The van der Waals surface area contributed by atoms with Gasteiger partial charge >= 0.3 is 0 Å². The molecule has 1 atom stereocenters. The monoisotopic (exact) mass is 307 g/mol. The molecule has 2 aliphatic rings. The van der Waals surface area contributed by atoms with Gasteiger partial charge in [0.25, 0.3) is 0 Å². The first-order chi connectivity index (χ1) is 9.79. The molecule has 0 spiro atoms. The highest BCUT2D eigenvalue weighted by Gasteiger charge is 2.37. The van der Waals surface area contributed by atoms with Crippen molar-refractivity contribution in [2.24, 2.45) is 0 Å². The fraction of sp³-hybridized carbons (Fsp3) is 0.588. The van der Waals surface area contributed by atoms with Gasteiger partial charge in [-0.15, -0.1) is 23.5 Å². The highest BCUT2D eigenvalue weighted by Crippen LogP contribution is 2.53. The van der Waals surface area contributed by atoms with Gasteiger partial charge in [0.2, 0.25) is 0 Å². The van der Waals surface area contributed by atoms with Gasteiger partial charge in [-0.2, -0.15) is 0 Å². The maximum atomic E-state index is 5.89. The molecule has 20 heavy (non-hydrogen) atoms. The van der Waals surface area contributed by atoms with Crippen LogP contribution in [0.1, 0.15) is 49.1 Å². The first-order valence-corrected chi connectivity index (χ1v) is 9.95. The molecular weight excluding hydrogens is 284 g/mol. The van der Waals surface area contributed by atoms with Gasteiger partial charge in [-0.3, -0.25) is 0 Å². The summed E-state index contributed by atoms with van der Waals surface area (Å²) in [7, 11) is 0.